The van der Waals surface area contributed by atoms with Gasteiger partial charge in [0.2, 0.25) is 0 Å². The van der Waals surface area contributed by atoms with Gasteiger partial charge >= 0.3 is 0 Å². The minimum atomic E-state index is -0.0987. The Morgan fingerprint density at radius 3 is 3.05 bits per heavy atom. The van der Waals surface area contributed by atoms with E-state index in [-0.39, 0.29) is 18.2 Å². The van der Waals surface area contributed by atoms with Crippen LogP contribution in [-0.2, 0) is 6.54 Å². The molecular weight excluding hydrogens is 254 g/mol. The van der Waals surface area contributed by atoms with Crippen LogP contribution in [0.3, 0.4) is 0 Å². The van der Waals surface area contributed by atoms with E-state index < -0.39 is 0 Å². The number of aliphatic hydroxyl groups is 1. The molecule has 0 radical (unpaired) electrons. The number of aromatic amines is 1. The van der Waals surface area contributed by atoms with Crippen LogP contribution in [0.25, 0.3) is 10.9 Å². The van der Waals surface area contributed by atoms with E-state index in [1.54, 1.807) is 6.07 Å². The molecule has 2 atom stereocenters. The van der Waals surface area contributed by atoms with E-state index in [4.69, 9.17) is 0 Å². The third kappa shape index (κ3) is 2.34. The molecule has 1 saturated heterocycles. The number of aliphatic hydroxyl groups excluding tert-OH is 1. The summed E-state index contributed by atoms with van der Waals surface area (Å²) in [5.41, 5.74) is 0.623. The Morgan fingerprint density at radius 2 is 2.25 bits per heavy atom. The highest BCUT2D eigenvalue weighted by atomic mass is 16.3. The lowest BCUT2D eigenvalue weighted by Crippen LogP contribution is -2.35. The highest BCUT2D eigenvalue weighted by Gasteiger charge is 2.30. The lowest BCUT2D eigenvalue weighted by atomic mass is 10.0. The summed E-state index contributed by atoms with van der Waals surface area (Å²) in [6, 6.07) is 7.51. The van der Waals surface area contributed by atoms with Crippen LogP contribution in [0, 0.1) is 5.92 Å². The number of nitrogens with zero attached hydrogens (tertiary/aromatic N) is 2. The van der Waals surface area contributed by atoms with Crippen molar-refractivity contribution in [2.75, 3.05) is 13.2 Å². The Morgan fingerprint density at radius 1 is 1.45 bits per heavy atom. The Hall–Kier alpha value is -1.72. The van der Waals surface area contributed by atoms with Crippen molar-refractivity contribution >= 4 is 10.9 Å². The van der Waals surface area contributed by atoms with Gasteiger partial charge in [-0.1, -0.05) is 19.1 Å². The number of aromatic nitrogens is 2. The standard InChI is InChI=1S/C15H19N3O2/c1-10-6-7-18(13(10)9-19)8-14-16-12-5-3-2-4-11(12)15(20)17-14/h2-5,10,13,19H,6-9H2,1H3,(H,16,17,20). The van der Waals surface area contributed by atoms with E-state index in [1.807, 2.05) is 18.2 Å². The largest absolute Gasteiger partial charge is 0.395 e. The topological polar surface area (TPSA) is 69.2 Å². The van der Waals surface area contributed by atoms with Gasteiger partial charge in [0.15, 0.2) is 0 Å². The van der Waals surface area contributed by atoms with Crippen molar-refractivity contribution in [3.05, 3.63) is 40.4 Å². The van der Waals surface area contributed by atoms with Gasteiger partial charge in [-0.25, -0.2) is 4.98 Å². The molecule has 1 aliphatic heterocycles. The Bertz CT molecular complexity index is 667. The number of para-hydroxylation sites is 1. The number of nitrogens with one attached hydrogen (secondary N) is 1. The molecule has 1 fully saturated rings. The Balaban J connectivity index is 1.90. The summed E-state index contributed by atoms with van der Waals surface area (Å²) in [5, 5.41) is 10.1. The number of H-pyrrole nitrogens is 1. The van der Waals surface area contributed by atoms with E-state index in [2.05, 4.69) is 21.8 Å². The van der Waals surface area contributed by atoms with Crippen molar-refractivity contribution in [3.63, 3.8) is 0 Å². The molecule has 1 aromatic carbocycles. The highest BCUT2D eigenvalue weighted by molar-refractivity contribution is 5.77. The minimum absolute atomic E-state index is 0.0987. The van der Waals surface area contributed by atoms with Gasteiger partial charge < -0.3 is 10.1 Å². The number of benzene rings is 1. The zero-order valence-electron chi connectivity index (χ0n) is 11.5. The molecule has 106 valence electrons. The molecule has 2 N–H and O–H groups in total. The van der Waals surface area contributed by atoms with Crippen molar-refractivity contribution in [3.8, 4) is 0 Å². The fourth-order valence-electron chi connectivity index (χ4n) is 2.98. The molecular formula is C15H19N3O2. The Kier molecular flexibility index (Phi) is 3.54. The maximum absolute atomic E-state index is 12.0. The summed E-state index contributed by atoms with van der Waals surface area (Å²) < 4.78 is 0. The fourth-order valence-corrected chi connectivity index (χ4v) is 2.98. The normalized spacial score (nSPS) is 23.5. The Labute approximate surface area is 117 Å². The zero-order valence-corrected chi connectivity index (χ0v) is 11.5. The lowest BCUT2D eigenvalue weighted by molar-refractivity contribution is 0.132. The summed E-state index contributed by atoms with van der Waals surface area (Å²) in [4.78, 5) is 21.6. The summed E-state index contributed by atoms with van der Waals surface area (Å²) in [6.45, 7) is 3.81. The number of likely N-dealkylation sites (tertiary alicyclic amines) is 1. The molecule has 2 aromatic rings. The molecule has 3 rings (SSSR count). The molecule has 0 bridgehead atoms. The molecule has 2 heterocycles. The average molecular weight is 273 g/mol. The second kappa shape index (κ2) is 5.34. The maximum Gasteiger partial charge on any atom is 0.258 e. The van der Waals surface area contributed by atoms with E-state index in [9.17, 15) is 9.90 Å². The van der Waals surface area contributed by atoms with E-state index >= 15 is 0 Å². The molecule has 0 amide bonds. The second-order valence-corrected chi connectivity index (χ2v) is 5.52. The molecule has 20 heavy (non-hydrogen) atoms. The lowest BCUT2D eigenvalue weighted by Gasteiger charge is -2.24. The smallest absolute Gasteiger partial charge is 0.258 e. The van der Waals surface area contributed by atoms with Gasteiger partial charge in [-0.05, 0) is 31.0 Å². The number of fused-ring (bicyclic) bond motifs is 1. The third-order valence-corrected chi connectivity index (χ3v) is 4.20. The number of rotatable bonds is 3. The zero-order chi connectivity index (χ0) is 14.1. The van der Waals surface area contributed by atoms with Crippen molar-refractivity contribution in [1.29, 1.82) is 0 Å². The first-order valence-corrected chi connectivity index (χ1v) is 7.02. The number of hydrogen-bond acceptors (Lipinski definition) is 4. The second-order valence-electron chi connectivity index (χ2n) is 5.52. The van der Waals surface area contributed by atoms with E-state index in [0.29, 0.717) is 23.7 Å². The van der Waals surface area contributed by atoms with Crippen LogP contribution in [0.4, 0.5) is 0 Å². The maximum atomic E-state index is 12.0. The van der Waals surface area contributed by atoms with Crippen LogP contribution < -0.4 is 5.56 Å². The average Bonchev–Trinajstić information content (AvgIpc) is 2.79. The summed E-state index contributed by atoms with van der Waals surface area (Å²) in [5.74, 6) is 1.15. The van der Waals surface area contributed by atoms with E-state index in [1.165, 1.54) is 0 Å². The molecule has 0 saturated carbocycles. The van der Waals surface area contributed by atoms with Gasteiger partial charge in [-0.2, -0.15) is 0 Å². The third-order valence-electron chi connectivity index (χ3n) is 4.20. The van der Waals surface area contributed by atoms with Gasteiger partial charge in [0.25, 0.3) is 5.56 Å². The monoisotopic (exact) mass is 273 g/mol. The van der Waals surface area contributed by atoms with Crippen molar-refractivity contribution in [1.82, 2.24) is 14.9 Å². The van der Waals surface area contributed by atoms with Crippen LogP contribution in [0.5, 0.6) is 0 Å². The van der Waals surface area contributed by atoms with Crippen LogP contribution in [0.15, 0.2) is 29.1 Å². The molecule has 2 unspecified atom stereocenters. The molecule has 1 aliphatic rings. The van der Waals surface area contributed by atoms with Crippen molar-refractivity contribution < 1.29 is 5.11 Å². The van der Waals surface area contributed by atoms with Crippen LogP contribution in [0.1, 0.15) is 19.2 Å². The van der Waals surface area contributed by atoms with Crippen molar-refractivity contribution in [2.24, 2.45) is 5.92 Å². The molecule has 1 aromatic heterocycles. The van der Waals surface area contributed by atoms with Gasteiger partial charge in [-0.15, -0.1) is 0 Å². The quantitative estimate of drug-likeness (QED) is 0.879. The number of hydrogen-bond donors (Lipinski definition) is 2. The summed E-state index contributed by atoms with van der Waals surface area (Å²) in [7, 11) is 0. The summed E-state index contributed by atoms with van der Waals surface area (Å²) >= 11 is 0. The molecule has 5 heteroatoms. The first kappa shape index (κ1) is 13.3. The first-order valence-electron chi connectivity index (χ1n) is 7.02. The van der Waals surface area contributed by atoms with Gasteiger partial charge in [0.1, 0.15) is 5.82 Å². The van der Waals surface area contributed by atoms with Gasteiger partial charge in [0, 0.05) is 6.04 Å². The fraction of sp³-hybridized carbons (Fsp3) is 0.467. The van der Waals surface area contributed by atoms with Gasteiger partial charge in [-0.3, -0.25) is 9.69 Å². The molecule has 0 aliphatic carbocycles. The minimum Gasteiger partial charge on any atom is -0.395 e. The van der Waals surface area contributed by atoms with Crippen LogP contribution in [-0.4, -0.2) is 39.2 Å². The molecule has 0 spiro atoms. The predicted molar refractivity (Wildman–Crippen MR) is 77.4 cm³/mol. The van der Waals surface area contributed by atoms with Crippen LogP contribution >= 0.6 is 0 Å². The summed E-state index contributed by atoms with van der Waals surface area (Å²) in [6.07, 6.45) is 1.07. The van der Waals surface area contributed by atoms with Crippen molar-refractivity contribution in [2.45, 2.75) is 25.9 Å². The predicted octanol–water partition coefficient (Wildman–Crippen LogP) is 1.13. The highest BCUT2D eigenvalue weighted by Crippen LogP contribution is 2.24. The van der Waals surface area contributed by atoms with E-state index in [0.717, 1.165) is 18.5 Å². The molecule has 5 nitrogen and oxygen atoms in total. The first-order chi connectivity index (χ1) is 9.69. The van der Waals surface area contributed by atoms with Gasteiger partial charge in [0.05, 0.1) is 24.1 Å². The van der Waals surface area contributed by atoms with Crippen LogP contribution in [0.2, 0.25) is 0 Å². The SMILES string of the molecule is CC1CCN(Cc2nc3ccccc3c(=O)[nH]2)C1CO.